The Morgan fingerprint density at radius 3 is 2.17 bits per heavy atom. The molecule has 18 heavy (non-hydrogen) atoms. The highest BCUT2D eigenvalue weighted by atomic mass is 15.0. The fraction of sp³-hybridized carbons (Fsp3) is 0.647. The Morgan fingerprint density at radius 2 is 1.67 bits per heavy atom. The van der Waals surface area contributed by atoms with E-state index < -0.39 is 0 Å². The van der Waals surface area contributed by atoms with Crippen LogP contribution in [0.2, 0.25) is 0 Å². The van der Waals surface area contributed by atoms with Crippen LogP contribution in [-0.2, 0) is 0 Å². The van der Waals surface area contributed by atoms with E-state index in [0.717, 1.165) is 18.4 Å². The minimum Gasteiger partial charge on any atom is -0.312 e. The van der Waals surface area contributed by atoms with Crippen LogP contribution >= 0.6 is 0 Å². The zero-order chi connectivity index (χ0) is 13.5. The van der Waals surface area contributed by atoms with Crippen LogP contribution in [-0.4, -0.2) is 12.1 Å². The van der Waals surface area contributed by atoms with Crippen LogP contribution in [0.3, 0.4) is 0 Å². The summed E-state index contributed by atoms with van der Waals surface area (Å²) < 4.78 is 0. The summed E-state index contributed by atoms with van der Waals surface area (Å²) in [5.74, 6) is 1.63. The number of hydrogen-bond acceptors (Lipinski definition) is 1. The van der Waals surface area contributed by atoms with E-state index in [1.165, 1.54) is 23.1 Å². The molecule has 100 valence electrons. The van der Waals surface area contributed by atoms with Crippen molar-refractivity contribution in [3.8, 4) is 0 Å². The van der Waals surface area contributed by atoms with Crippen LogP contribution in [0.15, 0.2) is 12.1 Å². The second kappa shape index (κ2) is 4.70. The number of benzene rings is 1. The highest BCUT2D eigenvalue weighted by molar-refractivity contribution is 5.42. The van der Waals surface area contributed by atoms with Crippen molar-refractivity contribution in [1.82, 2.24) is 5.32 Å². The fourth-order valence-electron chi connectivity index (χ4n) is 3.04. The quantitative estimate of drug-likeness (QED) is 0.845. The Hall–Kier alpha value is -0.820. The average molecular weight is 245 g/mol. The standard InChI is InChI=1S/C17H27N/c1-11-7-12(2)16(13(3)8-11)15-9-14(15)10-18-17(4,5)6/h7-8,14-15,18H,9-10H2,1-6H3. The molecule has 0 radical (unpaired) electrons. The summed E-state index contributed by atoms with van der Waals surface area (Å²) in [6.45, 7) is 14.6. The summed E-state index contributed by atoms with van der Waals surface area (Å²) >= 11 is 0. The molecule has 1 aromatic carbocycles. The van der Waals surface area contributed by atoms with Gasteiger partial charge in [0.05, 0.1) is 0 Å². The van der Waals surface area contributed by atoms with Crippen molar-refractivity contribution in [3.63, 3.8) is 0 Å². The third-order valence-corrected chi connectivity index (χ3v) is 3.93. The third-order valence-electron chi connectivity index (χ3n) is 3.93. The smallest absolute Gasteiger partial charge is 0.00966 e. The monoisotopic (exact) mass is 245 g/mol. The van der Waals surface area contributed by atoms with E-state index in [9.17, 15) is 0 Å². The Balaban J connectivity index is 2.04. The first-order valence-electron chi connectivity index (χ1n) is 7.11. The molecule has 0 bridgehead atoms. The van der Waals surface area contributed by atoms with E-state index in [4.69, 9.17) is 0 Å². The summed E-state index contributed by atoms with van der Waals surface area (Å²) in [7, 11) is 0. The van der Waals surface area contributed by atoms with Gasteiger partial charge in [0.25, 0.3) is 0 Å². The Labute approximate surface area is 112 Å². The van der Waals surface area contributed by atoms with Gasteiger partial charge in [0.2, 0.25) is 0 Å². The topological polar surface area (TPSA) is 12.0 Å². The molecule has 0 spiro atoms. The largest absolute Gasteiger partial charge is 0.312 e. The van der Waals surface area contributed by atoms with E-state index in [1.54, 1.807) is 5.56 Å². The molecule has 1 aliphatic rings. The van der Waals surface area contributed by atoms with Crippen molar-refractivity contribution >= 4 is 0 Å². The zero-order valence-corrected chi connectivity index (χ0v) is 12.7. The molecule has 2 unspecified atom stereocenters. The summed E-state index contributed by atoms with van der Waals surface area (Å²) in [6.07, 6.45) is 1.35. The van der Waals surface area contributed by atoms with Crippen molar-refractivity contribution < 1.29 is 0 Å². The summed E-state index contributed by atoms with van der Waals surface area (Å²) in [5, 5.41) is 3.63. The Kier molecular flexibility index (Phi) is 3.55. The number of aryl methyl sites for hydroxylation is 3. The van der Waals surface area contributed by atoms with E-state index >= 15 is 0 Å². The van der Waals surface area contributed by atoms with Crippen molar-refractivity contribution in [2.75, 3.05) is 6.54 Å². The van der Waals surface area contributed by atoms with Crippen molar-refractivity contribution in [2.24, 2.45) is 5.92 Å². The average Bonchev–Trinajstić information content (AvgIpc) is 2.91. The number of rotatable bonds is 3. The Bertz CT molecular complexity index is 416. The molecular formula is C17H27N. The van der Waals surface area contributed by atoms with Gasteiger partial charge < -0.3 is 5.32 Å². The van der Waals surface area contributed by atoms with Crippen molar-refractivity contribution in [1.29, 1.82) is 0 Å². The predicted octanol–water partition coefficient (Wildman–Crippen LogP) is 4.10. The molecule has 1 aromatic rings. The number of nitrogens with one attached hydrogen (secondary N) is 1. The highest BCUT2D eigenvalue weighted by Gasteiger charge is 2.39. The minimum absolute atomic E-state index is 0.241. The second-order valence-electron chi connectivity index (χ2n) is 7.05. The molecule has 1 heteroatoms. The van der Waals surface area contributed by atoms with E-state index in [1.807, 2.05) is 0 Å². The maximum atomic E-state index is 3.63. The van der Waals surface area contributed by atoms with Gasteiger partial charge in [-0.3, -0.25) is 0 Å². The molecule has 0 heterocycles. The van der Waals surface area contributed by atoms with Gasteiger partial charge >= 0.3 is 0 Å². The molecule has 1 N–H and O–H groups in total. The molecule has 1 fully saturated rings. The van der Waals surface area contributed by atoms with Crippen LogP contribution in [0.4, 0.5) is 0 Å². The molecule has 1 saturated carbocycles. The first-order chi connectivity index (χ1) is 8.28. The van der Waals surface area contributed by atoms with E-state index in [0.29, 0.717) is 0 Å². The fourth-order valence-corrected chi connectivity index (χ4v) is 3.04. The lowest BCUT2D eigenvalue weighted by Gasteiger charge is -2.20. The van der Waals surface area contributed by atoms with Gasteiger partial charge in [0, 0.05) is 5.54 Å². The summed E-state index contributed by atoms with van der Waals surface area (Å²) in [4.78, 5) is 0. The van der Waals surface area contributed by atoms with Crippen molar-refractivity contribution in [3.05, 3.63) is 34.4 Å². The predicted molar refractivity (Wildman–Crippen MR) is 79.3 cm³/mol. The summed E-state index contributed by atoms with van der Waals surface area (Å²) in [6, 6.07) is 4.66. The Morgan fingerprint density at radius 1 is 1.11 bits per heavy atom. The van der Waals surface area contributed by atoms with Gasteiger partial charge in [0.15, 0.2) is 0 Å². The molecule has 0 aromatic heterocycles. The zero-order valence-electron chi connectivity index (χ0n) is 12.7. The normalized spacial score (nSPS) is 23.2. The second-order valence-corrected chi connectivity index (χ2v) is 7.05. The molecular weight excluding hydrogens is 218 g/mol. The molecule has 1 aliphatic carbocycles. The molecule has 2 rings (SSSR count). The van der Waals surface area contributed by atoms with E-state index in [2.05, 4.69) is 59.0 Å². The van der Waals surface area contributed by atoms with Gasteiger partial charge in [-0.15, -0.1) is 0 Å². The lowest BCUT2D eigenvalue weighted by atomic mass is 9.95. The van der Waals surface area contributed by atoms with Crippen molar-refractivity contribution in [2.45, 2.75) is 59.4 Å². The molecule has 0 amide bonds. The van der Waals surface area contributed by atoms with E-state index in [-0.39, 0.29) is 5.54 Å². The van der Waals surface area contributed by atoms with Gasteiger partial charge in [-0.25, -0.2) is 0 Å². The van der Waals surface area contributed by atoms with Gasteiger partial charge in [-0.2, -0.15) is 0 Å². The number of hydrogen-bond donors (Lipinski definition) is 1. The molecule has 2 atom stereocenters. The van der Waals surface area contributed by atoms with Crippen LogP contribution < -0.4 is 5.32 Å². The third kappa shape index (κ3) is 3.14. The molecule has 0 aliphatic heterocycles. The van der Waals surface area contributed by atoms with Crippen LogP contribution in [0.5, 0.6) is 0 Å². The SMILES string of the molecule is Cc1cc(C)c(C2CC2CNC(C)(C)C)c(C)c1. The lowest BCUT2D eigenvalue weighted by Crippen LogP contribution is -2.37. The highest BCUT2D eigenvalue weighted by Crippen LogP contribution is 2.49. The van der Waals surface area contributed by atoms with Crippen LogP contribution in [0, 0.1) is 26.7 Å². The van der Waals surface area contributed by atoms with Crippen LogP contribution in [0.25, 0.3) is 0 Å². The van der Waals surface area contributed by atoms with Gasteiger partial charge in [-0.1, -0.05) is 17.7 Å². The van der Waals surface area contributed by atoms with Crippen LogP contribution in [0.1, 0.15) is 55.4 Å². The maximum absolute atomic E-state index is 3.63. The van der Waals surface area contributed by atoms with Gasteiger partial charge in [0.1, 0.15) is 0 Å². The lowest BCUT2D eigenvalue weighted by molar-refractivity contribution is 0.414. The first kappa shape index (κ1) is 13.6. The maximum Gasteiger partial charge on any atom is 0.00966 e. The minimum atomic E-state index is 0.241. The molecule has 1 nitrogen and oxygen atoms in total. The first-order valence-corrected chi connectivity index (χ1v) is 7.11. The summed E-state index contributed by atoms with van der Waals surface area (Å²) in [5.41, 5.74) is 6.21. The van der Waals surface area contributed by atoms with Gasteiger partial charge in [-0.05, 0) is 83.0 Å². The molecule has 0 saturated heterocycles.